The molecule has 4 nitrogen and oxygen atoms in total. The highest BCUT2D eigenvalue weighted by atomic mass is 79.9. The van der Waals surface area contributed by atoms with Gasteiger partial charge in [-0.25, -0.2) is 8.42 Å². The number of benzene rings is 1. The first-order chi connectivity index (χ1) is 7.96. The second-order valence-electron chi connectivity index (χ2n) is 3.96. The van der Waals surface area contributed by atoms with E-state index in [2.05, 4.69) is 15.9 Å². The van der Waals surface area contributed by atoms with E-state index in [1.807, 2.05) is 12.1 Å². The van der Waals surface area contributed by atoms with Crippen molar-refractivity contribution >= 4 is 25.8 Å². The van der Waals surface area contributed by atoms with Gasteiger partial charge in [-0.3, -0.25) is 0 Å². The van der Waals surface area contributed by atoms with Crippen molar-refractivity contribution < 1.29 is 17.9 Å². The zero-order chi connectivity index (χ0) is 12.5. The molecule has 0 amide bonds. The lowest BCUT2D eigenvalue weighted by atomic mass is 10.1. The van der Waals surface area contributed by atoms with Crippen LogP contribution in [0.5, 0.6) is 11.5 Å². The molecule has 1 heterocycles. The smallest absolute Gasteiger partial charge is 0.161 e. The first-order valence-electron chi connectivity index (χ1n) is 5.17. The zero-order valence-electron chi connectivity index (χ0n) is 9.35. The van der Waals surface area contributed by atoms with Crippen LogP contribution in [-0.4, -0.2) is 33.6 Å². The maximum atomic E-state index is 11.2. The predicted octanol–water partition coefficient (Wildman–Crippen LogP) is 1.94. The maximum Gasteiger partial charge on any atom is 0.161 e. The number of halogens is 1. The third-order valence-electron chi connectivity index (χ3n) is 2.38. The molecule has 1 aliphatic heterocycles. The molecule has 1 aromatic carbocycles. The minimum absolute atomic E-state index is 0.0621. The van der Waals surface area contributed by atoms with Crippen LogP contribution in [0.3, 0.4) is 0 Å². The molecular formula is C11H13BrO4S. The summed E-state index contributed by atoms with van der Waals surface area (Å²) < 4.78 is 33.3. The van der Waals surface area contributed by atoms with Crippen LogP contribution in [0.25, 0.3) is 0 Å². The van der Waals surface area contributed by atoms with E-state index >= 15 is 0 Å². The maximum absolute atomic E-state index is 11.2. The highest BCUT2D eigenvalue weighted by Gasteiger charge is 2.18. The third-order valence-corrected chi connectivity index (χ3v) is 4.60. The van der Waals surface area contributed by atoms with Gasteiger partial charge < -0.3 is 9.47 Å². The number of hydrogen-bond acceptors (Lipinski definition) is 4. The molecule has 1 atom stereocenters. The van der Waals surface area contributed by atoms with Crippen molar-refractivity contribution in [2.24, 2.45) is 0 Å². The Morgan fingerprint density at radius 2 is 1.94 bits per heavy atom. The van der Waals surface area contributed by atoms with Gasteiger partial charge in [0.25, 0.3) is 0 Å². The quantitative estimate of drug-likeness (QED) is 0.799. The van der Waals surface area contributed by atoms with Gasteiger partial charge in [0.1, 0.15) is 23.1 Å². The van der Waals surface area contributed by atoms with Crippen molar-refractivity contribution in [1.82, 2.24) is 0 Å². The Labute approximate surface area is 109 Å². The van der Waals surface area contributed by atoms with Gasteiger partial charge in [-0.15, -0.1) is 0 Å². The molecule has 2 rings (SSSR count). The lowest BCUT2D eigenvalue weighted by Gasteiger charge is -2.20. The number of alkyl halides is 1. The summed E-state index contributed by atoms with van der Waals surface area (Å²) in [6.45, 7) is 1.07. The van der Waals surface area contributed by atoms with Gasteiger partial charge in [-0.05, 0) is 17.7 Å². The molecule has 1 aliphatic rings. The Hall–Kier alpha value is -0.750. The Kier molecular flexibility index (Phi) is 3.63. The molecule has 6 heteroatoms. The van der Waals surface area contributed by atoms with Crippen LogP contribution in [0.1, 0.15) is 10.4 Å². The molecule has 1 aromatic rings. The predicted molar refractivity (Wildman–Crippen MR) is 68.8 cm³/mol. The van der Waals surface area contributed by atoms with Crippen LogP contribution in [0.2, 0.25) is 0 Å². The van der Waals surface area contributed by atoms with Crippen LogP contribution in [0, 0.1) is 0 Å². The number of hydrogen-bond donors (Lipinski definition) is 0. The molecule has 0 saturated carbocycles. The fourth-order valence-corrected chi connectivity index (χ4v) is 4.07. The van der Waals surface area contributed by atoms with Gasteiger partial charge in [0.15, 0.2) is 11.5 Å². The van der Waals surface area contributed by atoms with E-state index in [9.17, 15) is 8.42 Å². The first-order valence-corrected chi connectivity index (χ1v) is 8.15. The largest absolute Gasteiger partial charge is 0.486 e. The summed E-state index contributed by atoms with van der Waals surface area (Å²) in [4.78, 5) is -0.228. The lowest BCUT2D eigenvalue weighted by molar-refractivity contribution is 0.171. The Morgan fingerprint density at radius 1 is 1.29 bits per heavy atom. The van der Waals surface area contributed by atoms with Crippen molar-refractivity contribution in [3.05, 3.63) is 23.8 Å². The fraction of sp³-hybridized carbons (Fsp3) is 0.455. The minimum Gasteiger partial charge on any atom is -0.486 e. The average molecular weight is 321 g/mol. The van der Waals surface area contributed by atoms with Gasteiger partial charge in [0.05, 0.1) is 10.6 Å². The molecule has 0 fully saturated rings. The van der Waals surface area contributed by atoms with Crippen molar-refractivity contribution in [3.63, 3.8) is 0 Å². The Balaban J connectivity index is 2.22. The van der Waals surface area contributed by atoms with Crippen LogP contribution in [-0.2, 0) is 9.84 Å². The molecular weight excluding hydrogens is 308 g/mol. The summed E-state index contributed by atoms with van der Waals surface area (Å²) in [5.74, 6) is 1.44. The molecule has 0 radical (unpaired) electrons. The average Bonchev–Trinajstić information content (AvgIpc) is 2.26. The summed E-state index contributed by atoms with van der Waals surface area (Å²) in [5.41, 5.74) is 0.875. The fourth-order valence-electron chi connectivity index (χ4n) is 1.62. The zero-order valence-corrected chi connectivity index (χ0v) is 11.8. The van der Waals surface area contributed by atoms with E-state index < -0.39 is 9.84 Å². The molecule has 17 heavy (non-hydrogen) atoms. The second-order valence-corrected chi connectivity index (χ2v) is 7.25. The van der Waals surface area contributed by atoms with Crippen molar-refractivity contribution in [2.75, 3.05) is 25.2 Å². The highest BCUT2D eigenvalue weighted by Crippen LogP contribution is 2.35. The second kappa shape index (κ2) is 4.86. The van der Waals surface area contributed by atoms with Crippen LogP contribution in [0.4, 0.5) is 0 Å². The van der Waals surface area contributed by atoms with Gasteiger partial charge in [-0.1, -0.05) is 22.0 Å². The number of sulfone groups is 1. The van der Waals surface area contributed by atoms with E-state index in [1.54, 1.807) is 6.07 Å². The molecule has 1 unspecified atom stereocenters. The molecule has 0 aliphatic carbocycles. The minimum atomic E-state index is -3.01. The van der Waals surface area contributed by atoms with E-state index in [4.69, 9.17) is 9.47 Å². The van der Waals surface area contributed by atoms with Gasteiger partial charge in [0.2, 0.25) is 0 Å². The van der Waals surface area contributed by atoms with Gasteiger partial charge in [0, 0.05) is 6.26 Å². The van der Waals surface area contributed by atoms with Crippen molar-refractivity contribution in [1.29, 1.82) is 0 Å². The SMILES string of the molecule is CS(=O)(=O)CC(Br)c1ccc2c(c1)OCCO2. The topological polar surface area (TPSA) is 52.6 Å². The van der Waals surface area contributed by atoms with E-state index in [1.165, 1.54) is 6.26 Å². The van der Waals surface area contributed by atoms with Crippen LogP contribution in [0.15, 0.2) is 18.2 Å². The van der Waals surface area contributed by atoms with E-state index in [-0.39, 0.29) is 10.6 Å². The van der Waals surface area contributed by atoms with Gasteiger partial charge in [-0.2, -0.15) is 0 Å². The van der Waals surface area contributed by atoms with E-state index in [0.29, 0.717) is 24.7 Å². The lowest BCUT2D eigenvalue weighted by Crippen LogP contribution is -2.16. The normalized spacial score (nSPS) is 16.6. The van der Waals surface area contributed by atoms with Crippen molar-refractivity contribution in [2.45, 2.75) is 4.83 Å². The summed E-state index contributed by atoms with van der Waals surface area (Å²) in [7, 11) is -3.01. The van der Waals surface area contributed by atoms with Gasteiger partial charge >= 0.3 is 0 Å². The van der Waals surface area contributed by atoms with Crippen molar-refractivity contribution in [3.8, 4) is 11.5 Å². The summed E-state index contributed by atoms with van der Waals surface area (Å²) >= 11 is 3.37. The standard InChI is InChI=1S/C11H13BrO4S/c1-17(13,14)7-9(12)8-2-3-10-11(6-8)16-5-4-15-10/h2-3,6,9H,4-5,7H2,1H3. The first kappa shape index (κ1) is 12.7. The Morgan fingerprint density at radius 3 is 2.59 bits per heavy atom. The monoisotopic (exact) mass is 320 g/mol. The summed E-state index contributed by atoms with van der Waals surface area (Å²) in [6, 6.07) is 5.47. The number of ether oxygens (including phenoxy) is 2. The summed E-state index contributed by atoms with van der Waals surface area (Å²) in [5, 5.41) is 0. The number of fused-ring (bicyclic) bond motifs is 1. The molecule has 0 bridgehead atoms. The number of rotatable bonds is 3. The third kappa shape index (κ3) is 3.35. The molecule has 0 N–H and O–H groups in total. The molecule has 94 valence electrons. The van der Waals surface area contributed by atoms with Crippen LogP contribution >= 0.6 is 15.9 Å². The highest BCUT2D eigenvalue weighted by molar-refractivity contribution is 9.09. The molecule has 0 aromatic heterocycles. The molecule has 0 spiro atoms. The van der Waals surface area contributed by atoms with Crippen LogP contribution < -0.4 is 9.47 Å². The molecule has 0 saturated heterocycles. The summed E-state index contributed by atoms with van der Waals surface area (Å²) in [6.07, 6.45) is 1.22. The Bertz CT molecular complexity index is 512. The van der Waals surface area contributed by atoms with E-state index in [0.717, 1.165) is 5.56 Å².